The molecule has 0 unspecified atom stereocenters. The van der Waals surface area contributed by atoms with Crippen molar-refractivity contribution in [1.29, 1.82) is 0 Å². The number of aryl methyl sites for hydroxylation is 1. The van der Waals surface area contributed by atoms with Gasteiger partial charge < -0.3 is 0 Å². The molecule has 0 spiro atoms. The Bertz CT molecular complexity index is 648. The van der Waals surface area contributed by atoms with Crippen LogP contribution in [0.3, 0.4) is 0 Å². The lowest BCUT2D eigenvalue weighted by Gasteiger charge is -2.08. The maximum atomic E-state index is 13.0. The second kappa shape index (κ2) is 4.84. The lowest BCUT2D eigenvalue weighted by atomic mass is 10.0. The molecule has 3 heteroatoms. The Morgan fingerprint density at radius 2 is 1.95 bits per heavy atom. The third-order valence-electron chi connectivity index (χ3n) is 3.34. The van der Waals surface area contributed by atoms with E-state index in [0.717, 1.165) is 24.2 Å². The summed E-state index contributed by atoms with van der Waals surface area (Å²) in [7, 11) is 0. The molecule has 2 nitrogen and oxygen atoms in total. The summed E-state index contributed by atoms with van der Waals surface area (Å²) in [6, 6.07) is 6.41. The van der Waals surface area contributed by atoms with Gasteiger partial charge in [0.2, 0.25) is 0 Å². The van der Waals surface area contributed by atoms with E-state index in [1.165, 1.54) is 23.3 Å². The topological polar surface area (TPSA) is 17.8 Å². The van der Waals surface area contributed by atoms with Crippen LogP contribution in [0.1, 0.15) is 24.6 Å². The molecule has 0 saturated carbocycles. The SMILES string of the molecule is CC1=CCCc2cnn(-c3ccc(F)cc3)c2/C=C\1. The number of fused-ring (bicyclic) bond motifs is 1. The molecule has 3 rings (SSSR count). The molecule has 0 radical (unpaired) electrons. The van der Waals surface area contributed by atoms with Crippen molar-refractivity contribution in [2.24, 2.45) is 0 Å². The van der Waals surface area contributed by atoms with E-state index in [1.807, 2.05) is 10.9 Å². The van der Waals surface area contributed by atoms with E-state index in [-0.39, 0.29) is 5.82 Å². The van der Waals surface area contributed by atoms with Gasteiger partial charge in [0, 0.05) is 0 Å². The van der Waals surface area contributed by atoms with Gasteiger partial charge in [-0.15, -0.1) is 0 Å². The maximum Gasteiger partial charge on any atom is 0.123 e. The zero-order valence-electron chi connectivity index (χ0n) is 10.8. The number of rotatable bonds is 1. The van der Waals surface area contributed by atoms with Crippen molar-refractivity contribution in [2.75, 3.05) is 0 Å². The molecule has 1 aliphatic carbocycles. The van der Waals surface area contributed by atoms with Gasteiger partial charge in [0.25, 0.3) is 0 Å². The van der Waals surface area contributed by atoms with E-state index in [9.17, 15) is 4.39 Å². The number of allylic oxidation sites excluding steroid dienone is 3. The number of hydrogen-bond acceptors (Lipinski definition) is 1. The summed E-state index contributed by atoms with van der Waals surface area (Å²) in [4.78, 5) is 0. The van der Waals surface area contributed by atoms with Crippen molar-refractivity contribution in [3.63, 3.8) is 0 Å². The van der Waals surface area contributed by atoms with Crippen LogP contribution in [0.5, 0.6) is 0 Å². The minimum Gasteiger partial charge on any atom is -0.233 e. The van der Waals surface area contributed by atoms with E-state index in [4.69, 9.17) is 0 Å². The fourth-order valence-electron chi connectivity index (χ4n) is 2.28. The van der Waals surface area contributed by atoms with Gasteiger partial charge in [-0.3, -0.25) is 0 Å². The monoisotopic (exact) mass is 254 g/mol. The molecular formula is C16H15FN2. The number of hydrogen-bond donors (Lipinski definition) is 0. The van der Waals surface area contributed by atoms with Crippen molar-refractivity contribution in [2.45, 2.75) is 19.8 Å². The fourth-order valence-corrected chi connectivity index (χ4v) is 2.28. The highest BCUT2D eigenvalue weighted by Crippen LogP contribution is 2.21. The molecule has 0 saturated heterocycles. The van der Waals surface area contributed by atoms with Crippen molar-refractivity contribution in [3.8, 4) is 5.69 Å². The van der Waals surface area contributed by atoms with Crippen LogP contribution in [-0.4, -0.2) is 9.78 Å². The molecule has 1 aliphatic rings. The van der Waals surface area contributed by atoms with E-state index >= 15 is 0 Å². The first-order chi connectivity index (χ1) is 9.24. The predicted molar refractivity (Wildman–Crippen MR) is 74.6 cm³/mol. The average molecular weight is 254 g/mol. The normalized spacial score (nSPS) is 16.2. The van der Waals surface area contributed by atoms with Crippen LogP contribution in [0.2, 0.25) is 0 Å². The first kappa shape index (κ1) is 11.9. The average Bonchev–Trinajstić information content (AvgIpc) is 2.77. The van der Waals surface area contributed by atoms with Gasteiger partial charge in [-0.25, -0.2) is 9.07 Å². The lowest BCUT2D eigenvalue weighted by molar-refractivity contribution is 0.627. The maximum absolute atomic E-state index is 13.0. The Balaban J connectivity index is 2.07. The van der Waals surface area contributed by atoms with Crippen LogP contribution in [0.15, 0.2) is 48.2 Å². The molecule has 1 aromatic heterocycles. The van der Waals surface area contributed by atoms with E-state index in [1.54, 1.807) is 12.1 Å². The number of nitrogens with zero attached hydrogens (tertiary/aromatic N) is 2. The number of aromatic nitrogens is 2. The van der Waals surface area contributed by atoms with Gasteiger partial charge in [0.15, 0.2) is 0 Å². The van der Waals surface area contributed by atoms with Crippen LogP contribution in [0, 0.1) is 5.82 Å². The van der Waals surface area contributed by atoms with Crippen molar-refractivity contribution < 1.29 is 4.39 Å². The Morgan fingerprint density at radius 3 is 2.74 bits per heavy atom. The second-order valence-electron chi connectivity index (χ2n) is 4.76. The zero-order valence-corrected chi connectivity index (χ0v) is 10.8. The Morgan fingerprint density at radius 1 is 1.16 bits per heavy atom. The number of halogens is 1. The summed E-state index contributed by atoms with van der Waals surface area (Å²) in [6.45, 7) is 2.10. The standard InChI is InChI=1S/C16H15FN2/c1-12-3-2-4-13-11-18-19(16(13)10-5-12)15-8-6-14(17)7-9-15/h3,5-11H,2,4H2,1H3/b10-5-,12-3?. The van der Waals surface area contributed by atoms with Crippen LogP contribution in [0.4, 0.5) is 4.39 Å². The molecule has 0 aliphatic heterocycles. The van der Waals surface area contributed by atoms with Gasteiger partial charge in [0.1, 0.15) is 5.82 Å². The minimum absolute atomic E-state index is 0.229. The zero-order chi connectivity index (χ0) is 13.2. The summed E-state index contributed by atoms with van der Waals surface area (Å²) in [5.41, 5.74) is 4.45. The minimum atomic E-state index is -0.229. The highest BCUT2D eigenvalue weighted by molar-refractivity contribution is 5.56. The Labute approximate surface area is 111 Å². The van der Waals surface area contributed by atoms with Gasteiger partial charge >= 0.3 is 0 Å². The van der Waals surface area contributed by atoms with Crippen molar-refractivity contribution >= 4 is 6.08 Å². The molecule has 0 fully saturated rings. The molecule has 0 amide bonds. The highest BCUT2D eigenvalue weighted by Gasteiger charge is 2.10. The van der Waals surface area contributed by atoms with E-state index in [0.29, 0.717) is 0 Å². The van der Waals surface area contributed by atoms with E-state index < -0.39 is 0 Å². The smallest absolute Gasteiger partial charge is 0.123 e. The van der Waals surface area contributed by atoms with Crippen LogP contribution in [0.25, 0.3) is 11.8 Å². The summed E-state index contributed by atoms with van der Waals surface area (Å²) in [5.74, 6) is -0.229. The van der Waals surface area contributed by atoms with Gasteiger partial charge in [-0.2, -0.15) is 5.10 Å². The van der Waals surface area contributed by atoms with E-state index in [2.05, 4.69) is 30.3 Å². The predicted octanol–water partition coefficient (Wildman–Crippen LogP) is 3.92. The fraction of sp³-hybridized carbons (Fsp3) is 0.188. The van der Waals surface area contributed by atoms with Crippen LogP contribution >= 0.6 is 0 Å². The summed E-state index contributed by atoms with van der Waals surface area (Å²) < 4.78 is 14.9. The highest BCUT2D eigenvalue weighted by atomic mass is 19.1. The van der Waals surface area contributed by atoms with Crippen molar-refractivity contribution in [1.82, 2.24) is 9.78 Å². The number of benzene rings is 1. The quantitative estimate of drug-likeness (QED) is 0.754. The molecule has 0 N–H and O–H groups in total. The van der Waals surface area contributed by atoms with Crippen LogP contribution in [-0.2, 0) is 6.42 Å². The molecule has 0 bridgehead atoms. The second-order valence-corrected chi connectivity index (χ2v) is 4.76. The largest absolute Gasteiger partial charge is 0.233 e. The Kier molecular flexibility index (Phi) is 3.03. The molecule has 2 aromatic rings. The summed E-state index contributed by atoms with van der Waals surface area (Å²) in [6.07, 6.45) is 10.3. The first-order valence-corrected chi connectivity index (χ1v) is 6.42. The first-order valence-electron chi connectivity index (χ1n) is 6.42. The van der Waals surface area contributed by atoms with Gasteiger partial charge in [0.05, 0.1) is 17.6 Å². The van der Waals surface area contributed by atoms with Crippen molar-refractivity contribution in [3.05, 3.63) is 65.3 Å². The summed E-state index contributed by atoms with van der Waals surface area (Å²) >= 11 is 0. The third kappa shape index (κ3) is 2.36. The summed E-state index contributed by atoms with van der Waals surface area (Å²) in [5, 5.41) is 4.43. The third-order valence-corrected chi connectivity index (χ3v) is 3.34. The lowest BCUT2D eigenvalue weighted by Crippen LogP contribution is -2.00. The molecule has 19 heavy (non-hydrogen) atoms. The molecule has 1 aromatic carbocycles. The Hall–Kier alpha value is -2.16. The van der Waals surface area contributed by atoms with Gasteiger partial charge in [-0.1, -0.05) is 17.7 Å². The van der Waals surface area contributed by atoms with Crippen LogP contribution < -0.4 is 0 Å². The molecule has 96 valence electrons. The molecular weight excluding hydrogens is 239 g/mol. The molecule has 1 heterocycles. The molecule has 0 atom stereocenters. The van der Waals surface area contributed by atoms with Gasteiger partial charge in [-0.05, 0) is 55.7 Å².